The summed E-state index contributed by atoms with van der Waals surface area (Å²) in [6, 6.07) is 3.84. The average Bonchev–Trinajstić information content (AvgIpc) is 3.02. The van der Waals surface area contributed by atoms with Gasteiger partial charge in [0, 0.05) is 16.7 Å². The second-order valence-corrected chi connectivity index (χ2v) is 4.82. The highest BCUT2D eigenvalue weighted by Crippen LogP contribution is 2.40. The Hall–Kier alpha value is -2.16. The maximum Gasteiger partial charge on any atom is 0.258 e. The minimum absolute atomic E-state index is 0.296. The Morgan fingerprint density at radius 1 is 0.870 bits per heavy atom. The molecule has 124 valence electrons. The normalized spacial score (nSPS) is 18.3. The monoisotopic (exact) mass is 313 g/mol. The van der Waals surface area contributed by atoms with Crippen LogP contribution < -0.4 is 5.32 Å². The molecule has 0 spiro atoms. The van der Waals surface area contributed by atoms with Crippen molar-refractivity contribution >= 4 is 23.0 Å². The van der Waals surface area contributed by atoms with Crippen LogP contribution in [0.5, 0.6) is 0 Å². The van der Waals surface area contributed by atoms with Crippen molar-refractivity contribution in [3.05, 3.63) is 46.5 Å². The Balaban J connectivity index is 0.000000615. The van der Waals surface area contributed by atoms with E-state index in [1.54, 1.807) is 6.08 Å². The minimum atomic E-state index is -0.296. The summed E-state index contributed by atoms with van der Waals surface area (Å²) in [6.45, 7) is 11.8. The van der Waals surface area contributed by atoms with Gasteiger partial charge >= 0.3 is 0 Å². The number of fused-ring (bicyclic) bond motifs is 3. The maximum absolute atomic E-state index is 12.0. The van der Waals surface area contributed by atoms with E-state index in [0.29, 0.717) is 11.1 Å². The molecule has 23 heavy (non-hydrogen) atoms. The summed E-state index contributed by atoms with van der Waals surface area (Å²) in [5, 5.41) is 2.39. The lowest BCUT2D eigenvalue weighted by atomic mass is 9.87. The first-order chi connectivity index (χ1) is 11.2. The van der Waals surface area contributed by atoms with Gasteiger partial charge in [0.25, 0.3) is 11.8 Å². The number of hydrogen-bond acceptors (Lipinski definition) is 2. The number of rotatable bonds is 0. The van der Waals surface area contributed by atoms with Gasteiger partial charge < -0.3 is 0 Å². The fourth-order valence-corrected chi connectivity index (χ4v) is 3.00. The van der Waals surface area contributed by atoms with Gasteiger partial charge in [-0.1, -0.05) is 45.9 Å². The van der Waals surface area contributed by atoms with Crippen molar-refractivity contribution in [3.8, 4) is 0 Å². The molecular formula is C20H27NO2. The van der Waals surface area contributed by atoms with Crippen LogP contribution in [0.1, 0.15) is 75.0 Å². The molecule has 1 heterocycles. The van der Waals surface area contributed by atoms with Crippen molar-refractivity contribution in [2.24, 2.45) is 0 Å². The van der Waals surface area contributed by atoms with Gasteiger partial charge in [-0.3, -0.25) is 14.9 Å². The molecule has 0 bridgehead atoms. The summed E-state index contributed by atoms with van der Waals surface area (Å²) < 4.78 is 0. The van der Waals surface area contributed by atoms with Crippen LogP contribution in [-0.4, -0.2) is 11.8 Å². The fourth-order valence-electron chi connectivity index (χ4n) is 3.00. The van der Waals surface area contributed by atoms with E-state index in [-0.39, 0.29) is 11.8 Å². The summed E-state index contributed by atoms with van der Waals surface area (Å²) in [5.74, 6) is -0.591. The highest BCUT2D eigenvalue weighted by molar-refractivity contribution is 6.32. The molecule has 1 aliphatic heterocycles. The van der Waals surface area contributed by atoms with Crippen LogP contribution in [0.4, 0.5) is 0 Å². The first kappa shape index (κ1) is 18.9. The molecule has 1 aromatic carbocycles. The van der Waals surface area contributed by atoms with E-state index < -0.39 is 0 Å². The Labute approximate surface area is 139 Å². The molecule has 3 rings (SSSR count). The lowest BCUT2D eigenvalue weighted by molar-refractivity contribution is -0.114. The molecule has 0 radical (unpaired) electrons. The number of nitrogens with one attached hydrogen (secondary N) is 1. The smallest absolute Gasteiger partial charge is 0.258 e. The van der Waals surface area contributed by atoms with Gasteiger partial charge in [0.15, 0.2) is 0 Å². The number of aryl methyl sites for hydroxylation is 1. The van der Waals surface area contributed by atoms with Crippen LogP contribution in [0.2, 0.25) is 0 Å². The molecule has 1 aromatic rings. The summed E-state index contributed by atoms with van der Waals surface area (Å²) in [6.07, 6.45) is 5.83. The van der Waals surface area contributed by atoms with Crippen LogP contribution in [0.25, 0.3) is 11.1 Å². The summed E-state index contributed by atoms with van der Waals surface area (Å²) in [7, 11) is 0. The van der Waals surface area contributed by atoms with E-state index in [1.807, 2.05) is 53.7 Å². The summed E-state index contributed by atoms with van der Waals surface area (Å²) in [5.41, 5.74) is 5.58. The number of imide groups is 1. The van der Waals surface area contributed by atoms with Crippen LogP contribution in [0.15, 0.2) is 24.3 Å². The zero-order valence-corrected chi connectivity index (χ0v) is 15.0. The zero-order chi connectivity index (χ0) is 17.6. The maximum atomic E-state index is 12.0. The van der Waals surface area contributed by atoms with Gasteiger partial charge in [0.05, 0.1) is 0 Å². The first-order valence-corrected chi connectivity index (χ1v) is 8.51. The molecule has 3 nitrogen and oxygen atoms in total. The molecule has 0 atom stereocenters. The number of carbonyl (C=O) groups is 2. The second-order valence-electron chi connectivity index (χ2n) is 4.82. The SMILES string of the molecule is C/C=C1/CCc2ccc3c(c21)/C(=C\C)C(=O)NC3=O.CC.CC. The number of carbonyl (C=O) groups excluding carboxylic acids is 2. The van der Waals surface area contributed by atoms with Crippen LogP contribution in [0.3, 0.4) is 0 Å². The highest BCUT2D eigenvalue weighted by atomic mass is 16.2. The molecule has 0 saturated heterocycles. The highest BCUT2D eigenvalue weighted by Gasteiger charge is 2.32. The van der Waals surface area contributed by atoms with Gasteiger partial charge in [-0.2, -0.15) is 0 Å². The van der Waals surface area contributed by atoms with Crippen molar-refractivity contribution in [1.29, 1.82) is 0 Å². The fraction of sp³-hybridized carbons (Fsp3) is 0.400. The zero-order valence-electron chi connectivity index (χ0n) is 15.0. The molecule has 1 N–H and O–H groups in total. The average molecular weight is 313 g/mol. The van der Waals surface area contributed by atoms with E-state index in [0.717, 1.165) is 24.0 Å². The number of hydrogen-bond donors (Lipinski definition) is 1. The third-order valence-electron chi connectivity index (χ3n) is 3.90. The van der Waals surface area contributed by atoms with Crippen LogP contribution in [-0.2, 0) is 11.2 Å². The molecule has 2 aliphatic rings. The van der Waals surface area contributed by atoms with Crippen LogP contribution >= 0.6 is 0 Å². The van der Waals surface area contributed by atoms with Crippen molar-refractivity contribution in [3.63, 3.8) is 0 Å². The number of allylic oxidation sites excluding steroid dienone is 3. The molecule has 0 aromatic heterocycles. The lowest BCUT2D eigenvalue weighted by Crippen LogP contribution is -2.37. The van der Waals surface area contributed by atoms with Gasteiger partial charge in [-0.25, -0.2) is 0 Å². The quantitative estimate of drug-likeness (QED) is 0.554. The van der Waals surface area contributed by atoms with Gasteiger partial charge in [0.2, 0.25) is 0 Å². The summed E-state index contributed by atoms with van der Waals surface area (Å²) >= 11 is 0. The predicted molar refractivity (Wildman–Crippen MR) is 97.2 cm³/mol. The molecular weight excluding hydrogens is 286 g/mol. The van der Waals surface area contributed by atoms with Crippen molar-refractivity contribution < 1.29 is 9.59 Å². The van der Waals surface area contributed by atoms with E-state index >= 15 is 0 Å². The molecule has 0 saturated carbocycles. The predicted octanol–water partition coefficient (Wildman–Crippen LogP) is 4.76. The Morgan fingerprint density at radius 3 is 2.09 bits per heavy atom. The number of amides is 2. The van der Waals surface area contributed by atoms with E-state index in [4.69, 9.17) is 0 Å². The van der Waals surface area contributed by atoms with Crippen molar-refractivity contribution in [2.75, 3.05) is 0 Å². The topological polar surface area (TPSA) is 46.2 Å². The third-order valence-corrected chi connectivity index (χ3v) is 3.90. The van der Waals surface area contributed by atoms with E-state index in [2.05, 4.69) is 11.4 Å². The van der Waals surface area contributed by atoms with Crippen LogP contribution in [0, 0.1) is 0 Å². The standard InChI is InChI=1S/C16H15NO2.2C2H6/c1-3-9-5-6-10-7-8-12-14(13(9)10)11(4-2)15(18)17-16(12)19;2*1-2/h3-4,7-8H,5-6H2,1-2H3,(H,17,18,19);2*1-2H3/b9-3-,11-4+;;. The Bertz CT molecular complexity index is 666. The minimum Gasteiger partial charge on any atom is -0.288 e. The Morgan fingerprint density at radius 2 is 1.52 bits per heavy atom. The lowest BCUT2D eigenvalue weighted by Gasteiger charge is -2.21. The molecule has 1 aliphatic carbocycles. The van der Waals surface area contributed by atoms with E-state index in [1.165, 1.54) is 11.1 Å². The van der Waals surface area contributed by atoms with Crippen molar-refractivity contribution in [2.45, 2.75) is 54.4 Å². The molecule has 3 heteroatoms. The van der Waals surface area contributed by atoms with E-state index in [9.17, 15) is 9.59 Å². The van der Waals surface area contributed by atoms with Gasteiger partial charge in [-0.15, -0.1) is 0 Å². The largest absolute Gasteiger partial charge is 0.288 e. The second kappa shape index (κ2) is 8.47. The van der Waals surface area contributed by atoms with Gasteiger partial charge in [0.1, 0.15) is 0 Å². The Kier molecular flexibility index (Phi) is 6.95. The number of benzene rings is 1. The third kappa shape index (κ3) is 3.29. The van der Waals surface area contributed by atoms with Gasteiger partial charge in [-0.05, 0) is 49.5 Å². The first-order valence-electron chi connectivity index (χ1n) is 8.51. The summed E-state index contributed by atoms with van der Waals surface area (Å²) in [4.78, 5) is 23.9. The molecule has 0 unspecified atom stereocenters. The molecule has 2 amide bonds. The molecule has 0 fully saturated rings. The van der Waals surface area contributed by atoms with Crippen molar-refractivity contribution in [1.82, 2.24) is 5.32 Å².